The molecule has 0 aliphatic heterocycles. The van der Waals surface area contributed by atoms with Gasteiger partial charge in [-0.05, 0) is 6.42 Å². The van der Waals surface area contributed by atoms with Gasteiger partial charge in [-0.15, -0.1) is 0 Å². The molecule has 1 atom stereocenters. The standard InChI is InChI=1S/C9H18O4/c1-3-4-5-13-7-8(10)6-9(11)12-2/h8,10H,3-7H2,1-2H3/t8-/m0/s1. The van der Waals surface area contributed by atoms with E-state index in [2.05, 4.69) is 11.7 Å². The van der Waals surface area contributed by atoms with Crippen molar-refractivity contribution < 1.29 is 19.4 Å². The lowest BCUT2D eigenvalue weighted by molar-refractivity contribution is -0.143. The summed E-state index contributed by atoms with van der Waals surface area (Å²) >= 11 is 0. The smallest absolute Gasteiger partial charge is 0.308 e. The fourth-order valence-electron chi connectivity index (χ4n) is 0.800. The van der Waals surface area contributed by atoms with Gasteiger partial charge in [0.1, 0.15) is 0 Å². The maximum Gasteiger partial charge on any atom is 0.308 e. The molecular formula is C9H18O4. The summed E-state index contributed by atoms with van der Waals surface area (Å²) in [5, 5.41) is 9.22. The summed E-state index contributed by atoms with van der Waals surface area (Å²) in [6.07, 6.45) is 1.30. The number of ether oxygens (including phenoxy) is 2. The predicted octanol–water partition coefficient (Wildman–Crippen LogP) is 0.727. The van der Waals surface area contributed by atoms with Gasteiger partial charge in [-0.3, -0.25) is 4.79 Å². The minimum absolute atomic E-state index is 0.00260. The van der Waals surface area contributed by atoms with Crippen LogP contribution >= 0.6 is 0 Å². The van der Waals surface area contributed by atoms with E-state index < -0.39 is 12.1 Å². The highest BCUT2D eigenvalue weighted by atomic mass is 16.5. The van der Waals surface area contributed by atoms with E-state index in [0.29, 0.717) is 6.61 Å². The number of unbranched alkanes of at least 4 members (excludes halogenated alkanes) is 1. The van der Waals surface area contributed by atoms with Crippen LogP contribution in [0.5, 0.6) is 0 Å². The van der Waals surface area contributed by atoms with E-state index in [0.717, 1.165) is 12.8 Å². The number of aliphatic hydroxyl groups is 1. The van der Waals surface area contributed by atoms with E-state index in [1.807, 2.05) is 0 Å². The normalized spacial score (nSPS) is 12.5. The van der Waals surface area contributed by atoms with Gasteiger partial charge in [0, 0.05) is 6.61 Å². The highest BCUT2D eigenvalue weighted by Crippen LogP contribution is 1.96. The van der Waals surface area contributed by atoms with Crippen molar-refractivity contribution in [2.45, 2.75) is 32.3 Å². The van der Waals surface area contributed by atoms with Gasteiger partial charge in [0.2, 0.25) is 0 Å². The van der Waals surface area contributed by atoms with Gasteiger partial charge < -0.3 is 14.6 Å². The Kier molecular flexibility index (Phi) is 7.63. The Bertz CT molecular complexity index is 136. The quantitative estimate of drug-likeness (QED) is 0.475. The van der Waals surface area contributed by atoms with E-state index in [9.17, 15) is 9.90 Å². The van der Waals surface area contributed by atoms with Crippen molar-refractivity contribution in [3.8, 4) is 0 Å². The van der Waals surface area contributed by atoms with Crippen LogP contribution in [-0.4, -0.2) is 37.5 Å². The minimum Gasteiger partial charge on any atom is -0.469 e. The summed E-state index contributed by atoms with van der Waals surface area (Å²) in [5.41, 5.74) is 0. The summed E-state index contributed by atoms with van der Waals surface area (Å²) < 4.78 is 9.52. The third kappa shape index (κ3) is 7.74. The van der Waals surface area contributed by atoms with Crippen LogP contribution in [0.3, 0.4) is 0 Å². The molecule has 0 radical (unpaired) electrons. The van der Waals surface area contributed by atoms with Crippen LogP contribution < -0.4 is 0 Å². The second-order valence-corrected chi connectivity index (χ2v) is 2.86. The Balaban J connectivity index is 3.29. The number of esters is 1. The van der Waals surface area contributed by atoms with Crippen LogP contribution in [0.4, 0.5) is 0 Å². The number of hydrogen-bond donors (Lipinski definition) is 1. The molecule has 0 amide bonds. The summed E-state index contributed by atoms with van der Waals surface area (Å²) in [4.78, 5) is 10.7. The number of aliphatic hydroxyl groups excluding tert-OH is 1. The van der Waals surface area contributed by atoms with Crippen molar-refractivity contribution in [1.29, 1.82) is 0 Å². The first kappa shape index (κ1) is 12.4. The van der Waals surface area contributed by atoms with Crippen LogP contribution in [0.15, 0.2) is 0 Å². The zero-order valence-electron chi connectivity index (χ0n) is 8.28. The molecule has 0 spiro atoms. The maximum atomic E-state index is 10.7. The summed E-state index contributed by atoms with van der Waals surface area (Å²) in [5.74, 6) is -0.411. The lowest BCUT2D eigenvalue weighted by atomic mass is 10.3. The number of carbonyl (C=O) groups excluding carboxylic acids is 1. The predicted molar refractivity (Wildman–Crippen MR) is 48.4 cm³/mol. The monoisotopic (exact) mass is 190 g/mol. The van der Waals surface area contributed by atoms with Crippen molar-refractivity contribution in [2.24, 2.45) is 0 Å². The van der Waals surface area contributed by atoms with E-state index in [-0.39, 0.29) is 13.0 Å². The molecule has 0 heterocycles. The molecule has 0 aromatic carbocycles. The van der Waals surface area contributed by atoms with E-state index in [4.69, 9.17) is 4.74 Å². The molecule has 13 heavy (non-hydrogen) atoms. The highest BCUT2D eigenvalue weighted by molar-refractivity contribution is 5.69. The topological polar surface area (TPSA) is 55.8 Å². The van der Waals surface area contributed by atoms with Gasteiger partial charge in [0.25, 0.3) is 0 Å². The third-order valence-electron chi connectivity index (χ3n) is 1.58. The van der Waals surface area contributed by atoms with Gasteiger partial charge in [0.05, 0.1) is 26.2 Å². The molecule has 0 saturated carbocycles. The fourth-order valence-corrected chi connectivity index (χ4v) is 0.800. The second-order valence-electron chi connectivity index (χ2n) is 2.86. The van der Waals surface area contributed by atoms with E-state index in [1.54, 1.807) is 0 Å². The SMILES string of the molecule is CCCCOC[C@@H](O)CC(=O)OC. The van der Waals surface area contributed by atoms with Gasteiger partial charge in [0.15, 0.2) is 0 Å². The van der Waals surface area contributed by atoms with Crippen molar-refractivity contribution >= 4 is 5.97 Å². The Morgan fingerprint density at radius 3 is 2.77 bits per heavy atom. The van der Waals surface area contributed by atoms with Gasteiger partial charge in [-0.1, -0.05) is 13.3 Å². The molecule has 0 unspecified atom stereocenters. The molecule has 0 fully saturated rings. The minimum atomic E-state index is -0.746. The van der Waals surface area contributed by atoms with E-state index >= 15 is 0 Å². The van der Waals surface area contributed by atoms with Crippen molar-refractivity contribution in [1.82, 2.24) is 0 Å². The summed E-state index contributed by atoms with van der Waals surface area (Å²) in [6.45, 7) is 2.90. The molecule has 0 aromatic heterocycles. The Morgan fingerprint density at radius 2 is 2.23 bits per heavy atom. The largest absolute Gasteiger partial charge is 0.469 e. The molecule has 4 nitrogen and oxygen atoms in total. The van der Waals surface area contributed by atoms with Gasteiger partial charge in [-0.2, -0.15) is 0 Å². The molecule has 0 bridgehead atoms. The van der Waals surface area contributed by atoms with Crippen molar-refractivity contribution in [3.63, 3.8) is 0 Å². The van der Waals surface area contributed by atoms with Crippen molar-refractivity contribution in [3.05, 3.63) is 0 Å². The fraction of sp³-hybridized carbons (Fsp3) is 0.889. The maximum absolute atomic E-state index is 10.7. The molecule has 78 valence electrons. The van der Waals surface area contributed by atoms with Crippen molar-refractivity contribution in [2.75, 3.05) is 20.3 Å². The molecule has 4 heteroatoms. The number of rotatable bonds is 7. The number of carbonyl (C=O) groups is 1. The average molecular weight is 190 g/mol. The number of hydrogen-bond acceptors (Lipinski definition) is 4. The molecule has 0 aliphatic carbocycles. The molecule has 0 saturated heterocycles. The average Bonchev–Trinajstić information content (AvgIpc) is 2.12. The van der Waals surface area contributed by atoms with Crippen LogP contribution in [0, 0.1) is 0 Å². The molecule has 0 aliphatic rings. The second kappa shape index (κ2) is 8.01. The first-order chi connectivity index (χ1) is 6.20. The Morgan fingerprint density at radius 1 is 1.54 bits per heavy atom. The zero-order chi connectivity index (χ0) is 10.1. The molecule has 1 N–H and O–H groups in total. The van der Waals surface area contributed by atoms with Crippen LogP contribution in [0.1, 0.15) is 26.2 Å². The Labute approximate surface area is 78.8 Å². The van der Waals surface area contributed by atoms with Crippen LogP contribution in [0.2, 0.25) is 0 Å². The molecule has 0 rings (SSSR count). The summed E-state index contributed by atoms with van der Waals surface area (Å²) in [6, 6.07) is 0. The van der Waals surface area contributed by atoms with Crippen LogP contribution in [-0.2, 0) is 14.3 Å². The summed E-state index contributed by atoms with van der Waals surface area (Å²) in [7, 11) is 1.30. The molecular weight excluding hydrogens is 172 g/mol. The lowest BCUT2D eigenvalue weighted by Crippen LogP contribution is -2.20. The highest BCUT2D eigenvalue weighted by Gasteiger charge is 2.10. The number of methoxy groups -OCH3 is 1. The lowest BCUT2D eigenvalue weighted by Gasteiger charge is -2.09. The van der Waals surface area contributed by atoms with Gasteiger partial charge >= 0.3 is 5.97 Å². The first-order valence-corrected chi connectivity index (χ1v) is 4.53. The Hall–Kier alpha value is -0.610. The van der Waals surface area contributed by atoms with Crippen LogP contribution in [0.25, 0.3) is 0 Å². The molecule has 0 aromatic rings. The first-order valence-electron chi connectivity index (χ1n) is 4.53. The van der Waals surface area contributed by atoms with E-state index in [1.165, 1.54) is 7.11 Å². The third-order valence-corrected chi connectivity index (χ3v) is 1.58. The van der Waals surface area contributed by atoms with Gasteiger partial charge in [-0.25, -0.2) is 0 Å². The zero-order valence-corrected chi connectivity index (χ0v) is 8.28.